The summed E-state index contributed by atoms with van der Waals surface area (Å²) in [6, 6.07) is 11.7. The molecular weight excluding hydrogens is 360 g/mol. The number of rotatable bonds is 3. The summed E-state index contributed by atoms with van der Waals surface area (Å²) < 4.78 is 2.03. The summed E-state index contributed by atoms with van der Waals surface area (Å²) in [4.78, 5) is 18.2. The molecule has 1 aromatic carbocycles. The normalized spacial score (nSPS) is 16.1. The molecular formula is C21H19ClN4O. The van der Waals surface area contributed by atoms with Gasteiger partial charge < -0.3 is 4.90 Å². The second kappa shape index (κ2) is 7.00. The van der Waals surface area contributed by atoms with E-state index in [9.17, 15) is 4.79 Å². The van der Waals surface area contributed by atoms with Gasteiger partial charge in [0.05, 0.1) is 18.3 Å². The molecule has 0 aliphatic carbocycles. The summed E-state index contributed by atoms with van der Waals surface area (Å²) in [7, 11) is 0. The largest absolute Gasteiger partial charge is 0.331 e. The summed E-state index contributed by atoms with van der Waals surface area (Å²) in [6.45, 7) is 6.79. The smallest absolute Gasteiger partial charge is 0.246 e. The highest BCUT2D eigenvalue weighted by Crippen LogP contribution is 2.38. The summed E-state index contributed by atoms with van der Waals surface area (Å²) in [5.74, 6) is -0.0666. The number of hydrogen-bond donors (Lipinski definition) is 0. The van der Waals surface area contributed by atoms with Crippen LogP contribution in [-0.2, 0) is 11.3 Å². The van der Waals surface area contributed by atoms with Gasteiger partial charge in [-0.3, -0.25) is 14.5 Å². The zero-order valence-corrected chi connectivity index (χ0v) is 15.7. The molecule has 0 saturated carbocycles. The lowest BCUT2D eigenvalue weighted by molar-refractivity contribution is -0.127. The summed E-state index contributed by atoms with van der Waals surface area (Å²) >= 11 is 6.06. The first-order chi connectivity index (χ1) is 13.1. The van der Waals surface area contributed by atoms with Crippen molar-refractivity contribution in [1.82, 2.24) is 19.7 Å². The zero-order valence-electron chi connectivity index (χ0n) is 15.0. The molecule has 0 bridgehead atoms. The Bertz CT molecular complexity index is 995. The third-order valence-corrected chi connectivity index (χ3v) is 5.08. The molecule has 0 N–H and O–H groups in total. The van der Waals surface area contributed by atoms with E-state index in [1.165, 1.54) is 6.08 Å². The Balaban J connectivity index is 1.92. The van der Waals surface area contributed by atoms with Crippen molar-refractivity contribution in [3.05, 3.63) is 72.2 Å². The number of pyridine rings is 1. The van der Waals surface area contributed by atoms with Crippen molar-refractivity contribution in [2.45, 2.75) is 19.5 Å². The molecule has 6 heteroatoms. The van der Waals surface area contributed by atoms with Crippen LogP contribution < -0.4 is 0 Å². The van der Waals surface area contributed by atoms with Crippen LogP contribution in [-0.4, -0.2) is 32.1 Å². The van der Waals surface area contributed by atoms with Crippen molar-refractivity contribution in [3.8, 4) is 22.4 Å². The predicted octanol–water partition coefficient (Wildman–Crippen LogP) is 4.35. The van der Waals surface area contributed by atoms with Crippen LogP contribution in [0.4, 0.5) is 0 Å². The van der Waals surface area contributed by atoms with Crippen LogP contribution in [0, 0.1) is 0 Å². The molecule has 0 spiro atoms. The molecule has 2 aromatic heterocycles. The number of amides is 1. The van der Waals surface area contributed by atoms with Crippen LogP contribution in [0.5, 0.6) is 0 Å². The molecule has 0 fully saturated rings. The lowest BCUT2D eigenvalue weighted by atomic mass is 9.98. The number of carbonyl (C=O) groups is 1. The minimum absolute atomic E-state index is 0.0666. The summed E-state index contributed by atoms with van der Waals surface area (Å²) in [5.41, 5.74) is 4.93. The number of halogens is 1. The van der Waals surface area contributed by atoms with Crippen molar-refractivity contribution in [2.75, 3.05) is 6.54 Å². The number of nitrogens with zero attached hydrogens (tertiary/aromatic N) is 4. The first-order valence-electron chi connectivity index (χ1n) is 8.77. The number of benzene rings is 1. The molecule has 136 valence electrons. The highest BCUT2D eigenvalue weighted by Gasteiger charge is 2.30. The van der Waals surface area contributed by atoms with Crippen LogP contribution in [0.25, 0.3) is 22.4 Å². The number of carbonyl (C=O) groups excluding carboxylic acids is 1. The van der Waals surface area contributed by atoms with Crippen LogP contribution >= 0.6 is 11.6 Å². The predicted molar refractivity (Wildman–Crippen MR) is 106 cm³/mol. The molecule has 0 saturated heterocycles. The third kappa shape index (κ3) is 3.15. The molecule has 3 aromatic rings. The Kier molecular flexibility index (Phi) is 4.54. The van der Waals surface area contributed by atoms with E-state index < -0.39 is 0 Å². The van der Waals surface area contributed by atoms with Crippen molar-refractivity contribution in [3.63, 3.8) is 0 Å². The fourth-order valence-electron chi connectivity index (χ4n) is 3.56. The second-order valence-electron chi connectivity index (χ2n) is 6.63. The fourth-order valence-corrected chi connectivity index (χ4v) is 3.68. The van der Waals surface area contributed by atoms with Gasteiger partial charge in [0, 0.05) is 35.1 Å². The molecule has 1 amide bonds. The SMILES string of the molecule is C=CC(=O)N1Cc2c(-c3ccncc3)c(-c3ccc(Cl)cc3)nn2C(C)C1. The van der Waals surface area contributed by atoms with E-state index in [2.05, 4.69) is 18.5 Å². The van der Waals surface area contributed by atoms with E-state index in [1.54, 1.807) is 12.4 Å². The standard InChI is InChI=1S/C21H19ClN4O/c1-3-19(27)25-12-14(2)26-18(13-25)20(15-8-10-23-11-9-15)21(24-26)16-4-6-17(22)7-5-16/h3-11,14H,1,12-13H2,2H3. The molecule has 27 heavy (non-hydrogen) atoms. The van der Waals surface area contributed by atoms with Crippen LogP contribution in [0.1, 0.15) is 18.7 Å². The lowest BCUT2D eigenvalue weighted by Crippen LogP contribution is -2.39. The quantitative estimate of drug-likeness (QED) is 0.636. The van der Waals surface area contributed by atoms with Gasteiger partial charge in [-0.25, -0.2) is 0 Å². The monoisotopic (exact) mass is 378 g/mol. The minimum atomic E-state index is -0.0666. The fraction of sp³-hybridized carbons (Fsp3) is 0.190. The molecule has 0 radical (unpaired) electrons. The van der Waals surface area contributed by atoms with Gasteiger partial charge in [0.25, 0.3) is 0 Å². The van der Waals surface area contributed by atoms with Crippen molar-refractivity contribution < 1.29 is 4.79 Å². The molecule has 4 rings (SSSR count). The van der Waals surface area contributed by atoms with Crippen LogP contribution in [0.2, 0.25) is 5.02 Å². The lowest BCUT2D eigenvalue weighted by Gasteiger charge is -2.32. The maximum absolute atomic E-state index is 12.2. The van der Waals surface area contributed by atoms with E-state index in [0.717, 1.165) is 28.1 Å². The second-order valence-corrected chi connectivity index (χ2v) is 7.07. The number of hydrogen-bond acceptors (Lipinski definition) is 3. The summed E-state index contributed by atoms with van der Waals surface area (Å²) in [6.07, 6.45) is 4.90. The van der Waals surface area contributed by atoms with Gasteiger partial charge in [0.1, 0.15) is 5.69 Å². The van der Waals surface area contributed by atoms with Crippen LogP contribution in [0.3, 0.4) is 0 Å². The van der Waals surface area contributed by atoms with E-state index in [0.29, 0.717) is 18.1 Å². The number of fused-ring (bicyclic) bond motifs is 1. The van der Waals surface area contributed by atoms with Crippen molar-refractivity contribution >= 4 is 17.5 Å². The Morgan fingerprint density at radius 1 is 1.19 bits per heavy atom. The molecule has 1 unspecified atom stereocenters. The van der Waals surface area contributed by atoms with Gasteiger partial charge in [-0.15, -0.1) is 0 Å². The minimum Gasteiger partial charge on any atom is -0.331 e. The Morgan fingerprint density at radius 2 is 1.89 bits per heavy atom. The maximum Gasteiger partial charge on any atom is 0.246 e. The molecule has 1 atom stereocenters. The Morgan fingerprint density at radius 3 is 2.56 bits per heavy atom. The van der Waals surface area contributed by atoms with Gasteiger partial charge >= 0.3 is 0 Å². The zero-order chi connectivity index (χ0) is 19.0. The first kappa shape index (κ1) is 17.5. The third-order valence-electron chi connectivity index (χ3n) is 4.83. The highest BCUT2D eigenvalue weighted by atomic mass is 35.5. The van der Waals surface area contributed by atoms with E-state index in [1.807, 2.05) is 46.0 Å². The molecule has 1 aliphatic heterocycles. The van der Waals surface area contributed by atoms with Crippen molar-refractivity contribution in [1.29, 1.82) is 0 Å². The first-order valence-corrected chi connectivity index (χ1v) is 9.15. The van der Waals surface area contributed by atoms with E-state index in [4.69, 9.17) is 16.7 Å². The highest BCUT2D eigenvalue weighted by molar-refractivity contribution is 6.30. The van der Waals surface area contributed by atoms with Gasteiger partial charge in [-0.2, -0.15) is 5.10 Å². The van der Waals surface area contributed by atoms with Crippen LogP contribution in [0.15, 0.2) is 61.4 Å². The van der Waals surface area contributed by atoms with Gasteiger partial charge in [-0.05, 0) is 42.8 Å². The average Bonchev–Trinajstić information content (AvgIpc) is 3.08. The van der Waals surface area contributed by atoms with Gasteiger partial charge in [-0.1, -0.05) is 30.3 Å². The molecule has 1 aliphatic rings. The number of aromatic nitrogens is 3. The topological polar surface area (TPSA) is 51.0 Å². The Labute approximate surface area is 162 Å². The van der Waals surface area contributed by atoms with Gasteiger partial charge in [0.2, 0.25) is 5.91 Å². The Hall–Kier alpha value is -2.92. The molecule has 3 heterocycles. The average molecular weight is 379 g/mol. The van der Waals surface area contributed by atoms with Gasteiger partial charge in [0.15, 0.2) is 0 Å². The molecule has 5 nitrogen and oxygen atoms in total. The van der Waals surface area contributed by atoms with E-state index >= 15 is 0 Å². The maximum atomic E-state index is 12.2. The van der Waals surface area contributed by atoms with E-state index in [-0.39, 0.29) is 11.9 Å². The van der Waals surface area contributed by atoms with Crippen molar-refractivity contribution in [2.24, 2.45) is 0 Å². The summed E-state index contributed by atoms with van der Waals surface area (Å²) in [5, 5.41) is 5.60.